The summed E-state index contributed by atoms with van der Waals surface area (Å²) in [4.78, 5) is 11.5. The van der Waals surface area contributed by atoms with Crippen LogP contribution in [0.4, 0.5) is 4.79 Å². The monoisotopic (exact) mass is 237 g/mol. The summed E-state index contributed by atoms with van der Waals surface area (Å²) in [6.07, 6.45) is 4.94. The zero-order valence-corrected chi connectivity index (χ0v) is 11.2. The average Bonchev–Trinajstić information content (AvgIpc) is 2.60. The van der Waals surface area contributed by atoms with Crippen LogP contribution >= 0.6 is 0 Å². The van der Waals surface area contributed by atoms with Gasteiger partial charge >= 0.3 is 6.03 Å². The minimum Gasteiger partial charge on any atom is -0.357 e. The molecule has 4 heteroatoms. The average molecular weight is 237 g/mol. The Bertz CT molecular complexity index is 363. The van der Waals surface area contributed by atoms with Crippen LogP contribution in [0.5, 0.6) is 0 Å². The number of aryl methyl sites for hydroxylation is 1. The van der Waals surface area contributed by atoms with Gasteiger partial charge in [-0.3, -0.25) is 0 Å². The first-order valence-electron chi connectivity index (χ1n) is 5.99. The third kappa shape index (κ3) is 6.00. The molecule has 0 aromatic carbocycles. The van der Waals surface area contributed by atoms with Crippen molar-refractivity contribution in [2.45, 2.75) is 27.2 Å². The molecule has 0 unspecified atom stereocenters. The third-order valence-electron chi connectivity index (χ3n) is 2.37. The molecule has 0 atom stereocenters. The zero-order valence-electron chi connectivity index (χ0n) is 11.2. The van der Waals surface area contributed by atoms with Crippen LogP contribution in [0.15, 0.2) is 18.5 Å². The van der Waals surface area contributed by atoms with Crippen molar-refractivity contribution in [2.24, 2.45) is 12.5 Å². The van der Waals surface area contributed by atoms with Crippen LogP contribution in [0.2, 0.25) is 0 Å². The summed E-state index contributed by atoms with van der Waals surface area (Å²) in [5.41, 5.74) is 1.36. The predicted molar refractivity (Wildman–Crippen MR) is 70.0 cm³/mol. The van der Waals surface area contributed by atoms with E-state index in [1.165, 1.54) is 5.56 Å². The molecule has 0 aliphatic heterocycles. The Morgan fingerprint density at radius 3 is 2.59 bits per heavy atom. The number of hydrogen-bond donors (Lipinski definition) is 2. The van der Waals surface area contributed by atoms with Gasteiger partial charge in [0.1, 0.15) is 0 Å². The van der Waals surface area contributed by atoms with E-state index < -0.39 is 0 Å². The number of rotatable bonds is 4. The van der Waals surface area contributed by atoms with Gasteiger partial charge in [-0.15, -0.1) is 0 Å². The van der Waals surface area contributed by atoms with Crippen LogP contribution in [-0.2, 0) is 13.5 Å². The fourth-order valence-corrected chi connectivity index (χ4v) is 1.44. The highest BCUT2D eigenvalue weighted by Gasteiger charge is 2.11. The Hall–Kier alpha value is -1.45. The summed E-state index contributed by atoms with van der Waals surface area (Å²) < 4.78 is 2.01. The highest BCUT2D eigenvalue weighted by atomic mass is 16.2. The van der Waals surface area contributed by atoms with Gasteiger partial charge < -0.3 is 15.2 Å². The molecule has 0 saturated carbocycles. The second-order valence-electron chi connectivity index (χ2n) is 5.61. The first-order chi connectivity index (χ1) is 7.87. The van der Waals surface area contributed by atoms with E-state index in [2.05, 4.69) is 43.7 Å². The van der Waals surface area contributed by atoms with Gasteiger partial charge in [-0.2, -0.15) is 0 Å². The van der Waals surface area contributed by atoms with E-state index in [0.717, 1.165) is 6.42 Å². The second-order valence-corrected chi connectivity index (χ2v) is 5.61. The quantitative estimate of drug-likeness (QED) is 0.825. The molecular weight excluding hydrogens is 214 g/mol. The molecule has 96 valence electrons. The molecular formula is C13H23N3O. The first-order valence-corrected chi connectivity index (χ1v) is 5.99. The lowest BCUT2D eigenvalue weighted by atomic mass is 9.97. The van der Waals surface area contributed by atoms with E-state index in [1.54, 1.807) is 0 Å². The van der Waals surface area contributed by atoms with Crippen molar-refractivity contribution in [3.8, 4) is 0 Å². The molecule has 0 radical (unpaired) electrons. The summed E-state index contributed by atoms with van der Waals surface area (Å²) in [7, 11) is 1.99. The number of urea groups is 1. The number of amides is 2. The molecule has 1 aromatic rings. The van der Waals surface area contributed by atoms with Crippen LogP contribution < -0.4 is 10.6 Å². The van der Waals surface area contributed by atoms with Crippen molar-refractivity contribution in [1.82, 2.24) is 15.2 Å². The number of aromatic nitrogens is 1. The predicted octanol–water partition coefficient (Wildman–Crippen LogP) is 1.91. The van der Waals surface area contributed by atoms with E-state index >= 15 is 0 Å². The Labute approximate surface area is 103 Å². The molecule has 1 aromatic heterocycles. The molecule has 2 amide bonds. The minimum atomic E-state index is -0.0872. The lowest BCUT2D eigenvalue weighted by Gasteiger charge is -2.18. The molecule has 17 heavy (non-hydrogen) atoms. The number of hydrogen-bond acceptors (Lipinski definition) is 1. The molecule has 1 heterocycles. The van der Waals surface area contributed by atoms with Gasteiger partial charge in [-0.1, -0.05) is 20.8 Å². The first kappa shape index (κ1) is 13.6. The largest absolute Gasteiger partial charge is 0.357 e. The lowest BCUT2D eigenvalue weighted by molar-refractivity contribution is 0.235. The molecule has 1 rings (SSSR count). The lowest BCUT2D eigenvalue weighted by Crippen LogP contribution is -2.40. The second kappa shape index (κ2) is 5.75. The smallest absolute Gasteiger partial charge is 0.314 e. The van der Waals surface area contributed by atoms with E-state index in [4.69, 9.17) is 0 Å². The molecule has 0 saturated heterocycles. The fraction of sp³-hybridized carbons (Fsp3) is 0.615. The fourth-order valence-electron chi connectivity index (χ4n) is 1.44. The van der Waals surface area contributed by atoms with Crippen molar-refractivity contribution < 1.29 is 4.79 Å². The number of carbonyl (C=O) groups excluding carboxylic acids is 1. The maximum Gasteiger partial charge on any atom is 0.314 e. The van der Waals surface area contributed by atoms with Crippen molar-refractivity contribution in [3.05, 3.63) is 24.0 Å². The summed E-state index contributed by atoms with van der Waals surface area (Å²) in [5, 5.41) is 5.71. The van der Waals surface area contributed by atoms with Gasteiger partial charge in [0, 0.05) is 32.5 Å². The Balaban J connectivity index is 2.16. The van der Waals surface area contributed by atoms with Crippen molar-refractivity contribution in [2.75, 3.05) is 13.1 Å². The maximum atomic E-state index is 11.5. The van der Waals surface area contributed by atoms with E-state index in [1.807, 2.05) is 17.8 Å². The van der Waals surface area contributed by atoms with Crippen LogP contribution in [0.25, 0.3) is 0 Å². The van der Waals surface area contributed by atoms with Crippen molar-refractivity contribution in [3.63, 3.8) is 0 Å². The normalized spacial score (nSPS) is 11.3. The summed E-state index contributed by atoms with van der Waals surface area (Å²) in [5.74, 6) is 0. The summed E-state index contributed by atoms with van der Waals surface area (Å²) in [6.45, 7) is 7.63. The molecule has 4 nitrogen and oxygen atoms in total. The SMILES string of the molecule is Cn1ccc(CCNC(=O)NCC(C)(C)C)c1. The summed E-state index contributed by atoms with van der Waals surface area (Å²) in [6, 6.07) is 1.98. The van der Waals surface area contributed by atoms with Gasteiger partial charge in [-0.05, 0) is 23.5 Å². The summed E-state index contributed by atoms with van der Waals surface area (Å²) >= 11 is 0. The number of nitrogens with zero attached hydrogens (tertiary/aromatic N) is 1. The van der Waals surface area contributed by atoms with E-state index in [0.29, 0.717) is 13.1 Å². The van der Waals surface area contributed by atoms with Crippen LogP contribution in [-0.4, -0.2) is 23.7 Å². The molecule has 0 spiro atoms. The standard InChI is InChI=1S/C13H23N3O/c1-13(2,3)10-15-12(17)14-7-5-11-6-8-16(4)9-11/h6,8-9H,5,7,10H2,1-4H3,(H2,14,15,17). The maximum absolute atomic E-state index is 11.5. The van der Waals surface area contributed by atoms with Crippen molar-refractivity contribution >= 4 is 6.03 Å². The van der Waals surface area contributed by atoms with Crippen LogP contribution in [0.1, 0.15) is 26.3 Å². The van der Waals surface area contributed by atoms with Gasteiger partial charge in [-0.25, -0.2) is 4.79 Å². The molecule has 0 aliphatic carbocycles. The highest BCUT2D eigenvalue weighted by molar-refractivity contribution is 5.73. The van der Waals surface area contributed by atoms with Crippen LogP contribution in [0, 0.1) is 5.41 Å². The zero-order chi connectivity index (χ0) is 12.9. The van der Waals surface area contributed by atoms with Gasteiger partial charge in [0.25, 0.3) is 0 Å². The Morgan fingerprint density at radius 1 is 1.35 bits per heavy atom. The number of nitrogens with one attached hydrogen (secondary N) is 2. The minimum absolute atomic E-state index is 0.0872. The molecule has 0 fully saturated rings. The highest BCUT2D eigenvalue weighted by Crippen LogP contribution is 2.09. The van der Waals surface area contributed by atoms with Crippen molar-refractivity contribution in [1.29, 1.82) is 0 Å². The topological polar surface area (TPSA) is 46.1 Å². The Morgan fingerprint density at radius 2 is 2.06 bits per heavy atom. The van der Waals surface area contributed by atoms with Gasteiger partial charge in [0.2, 0.25) is 0 Å². The Kier molecular flexibility index (Phi) is 4.61. The van der Waals surface area contributed by atoms with Crippen LogP contribution in [0.3, 0.4) is 0 Å². The molecule has 0 aliphatic rings. The molecule has 0 bridgehead atoms. The number of carbonyl (C=O) groups is 1. The molecule has 2 N–H and O–H groups in total. The third-order valence-corrected chi connectivity index (χ3v) is 2.37. The van der Waals surface area contributed by atoms with E-state index in [-0.39, 0.29) is 11.4 Å². The van der Waals surface area contributed by atoms with Gasteiger partial charge in [0.05, 0.1) is 0 Å². The van der Waals surface area contributed by atoms with Gasteiger partial charge in [0.15, 0.2) is 0 Å². The van der Waals surface area contributed by atoms with E-state index in [9.17, 15) is 4.79 Å².